The Morgan fingerprint density at radius 3 is 0.963 bits per heavy atom. The average Bonchev–Trinajstić information content (AvgIpc) is 2.52. The predicted molar refractivity (Wildman–Crippen MR) is 124 cm³/mol. The van der Waals surface area contributed by atoms with Crippen molar-refractivity contribution in [3.63, 3.8) is 0 Å². The van der Waals surface area contributed by atoms with Gasteiger partial charge in [0.05, 0.1) is 0 Å². The molecule has 0 fully saturated rings. The van der Waals surface area contributed by atoms with Crippen molar-refractivity contribution in [2.75, 3.05) is 26.4 Å². The van der Waals surface area contributed by atoms with Crippen LogP contribution in [0.2, 0.25) is 39.3 Å². The minimum absolute atomic E-state index is 0.664. The quantitative estimate of drug-likeness (QED) is 0.350. The number of hydrogen-bond acceptors (Lipinski definition) is 5. The molecule has 0 saturated carbocycles. The molecule has 0 atom stereocenters. The summed E-state index contributed by atoms with van der Waals surface area (Å²) in [5, 5.41) is 0. The molecule has 0 aromatic heterocycles. The third-order valence-corrected chi connectivity index (χ3v) is 15.6. The predicted octanol–water partition coefficient (Wildman–Crippen LogP) is 4.97. The van der Waals surface area contributed by atoms with E-state index in [1.807, 2.05) is 27.7 Å². The van der Waals surface area contributed by atoms with Crippen molar-refractivity contribution in [2.45, 2.75) is 67.0 Å². The van der Waals surface area contributed by atoms with Gasteiger partial charge in [0.2, 0.25) is 0 Å². The van der Waals surface area contributed by atoms with Crippen molar-refractivity contribution < 1.29 is 21.8 Å². The van der Waals surface area contributed by atoms with E-state index >= 15 is 0 Å². The van der Waals surface area contributed by atoms with E-state index in [0.717, 1.165) is 0 Å². The molecule has 0 aliphatic heterocycles. The van der Waals surface area contributed by atoms with Gasteiger partial charge in [-0.3, -0.25) is 0 Å². The van der Waals surface area contributed by atoms with Gasteiger partial charge in [-0.2, -0.15) is 0 Å². The first-order valence-corrected chi connectivity index (χ1v) is 20.8. The molecule has 0 rings (SSSR count). The zero-order chi connectivity index (χ0) is 21.2. The maximum atomic E-state index is 6.66. The average molecular weight is 451 g/mol. The summed E-state index contributed by atoms with van der Waals surface area (Å²) in [6.07, 6.45) is 0. The summed E-state index contributed by atoms with van der Waals surface area (Å²) in [6.45, 7) is 23.8. The second-order valence-corrected chi connectivity index (χ2v) is 21.5. The van der Waals surface area contributed by atoms with E-state index in [-0.39, 0.29) is 0 Å². The van der Waals surface area contributed by atoms with E-state index in [4.69, 9.17) is 21.8 Å². The highest BCUT2D eigenvalue weighted by Crippen LogP contribution is 2.20. The first-order chi connectivity index (χ1) is 12.4. The summed E-state index contributed by atoms with van der Waals surface area (Å²) in [4.78, 5) is 0. The summed E-state index contributed by atoms with van der Waals surface area (Å²) < 4.78 is 30.3. The van der Waals surface area contributed by atoms with Gasteiger partial charge in [0, 0.05) is 26.4 Å². The molecule has 0 aliphatic rings. The lowest BCUT2D eigenvalue weighted by Crippen LogP contribution is -2.45. The zero-order valence-electron chi connectivity index (χ0n) is 19.2. The highest BCUT2D eigenvalue weighted by Gasteiger charge is 2.35. The second-order valence-electron chi connectivity index (χ2n) is 7.74. The van der Waals surface area contributed by atoms with Crippen molar-refractivity contribution in [1.82, 2.24) is 0 Å². The SMILES string of the molecule is CCO[Si](C)(/C=C/[Si](C)(C)O[Si](C)(C)/C=C/[Si](C)(OCC)OCC)OCC. The minimum Gasteiger partial charge on any atom is -0.449 e. The highest BCUT2D eigenvalue weighted by atomic mass is 28.4. The molecule has 9 heteroatoms. The van der Waals surface area contributed by atoms with Gasteiger partial charge in [-0.1, -0.05) is 11.4 Å². The van der Waals surface area contributed by atoms with Crippen LogP contribution >= 0.6 is 0 Å². The molecule has 0 aromatic carbocycles. The van der Waals surface area contributed by atoms with Crippen LogP contribution in [-0.2, 0) is 21.8 Å². The molecular formula is C18H42O5Si4. The first-order valence-electron chi connectivity index (χ1n) is 10.0. The van der Waals surface area contributed by atoms with Crippen LogP contribution in [0.25, 0.3) is 0 Å². The smallest absolute Gasteiger partial charge is 0.361 e. The largest absolute Gasteiger partial charge is 0.449 e. The van der Waals surface area contributed by atoms with Crippen molar-refractivity contribution in [3.05, 3.63) is 22.8 Å². The van der Waals surface area contributed by atoms with E-state index in [0.29, 0.717) is 26.4 Å². The molecule has 0 aromatic rings. The number of hydrogen-bond donors (Lipinski definition) is 0. The lowest BCUT2D eigenvalue weighted by molar-refractivity contribution is 0.200. The van der Waals surface area contributed by atoms with Crippen molar-refractivity contribution >= 4 is 33.8 Å². The maximum absolute atomic E-state index is 6.66. The van der Waals surface area contributed by atoms with Crippen LogP contribution in [0.5, 0.6) is 0 Å². The van der Waals surface area contributed by atoms with E-state index < -0.39 is 33.8 Å². The molecule has 0 amide bonds. The van der Waals surface area contributed by atoms with Gasteiger partial charge >= 0.3 is 17.1 Å². The van der Waals surface area contributed by atoms with Crippen LogP contribution in [0.15, 0.2) is 22.8 Å². The monoisotopic (exact) mass is 450 g/mol. The Kier molecular flexibility index (Phi) is 12.0. The fourth-order valence-electron chi connectivity index (χ4n) is 2.87. The molecular weight excluding hydrogens is 409 g/mol. The second kappa shape index (κ2) is 12.0. The Balaban J connectivity index is 5.22. The Hall–Kier alpha value is 0.148. The third kappa shape index (κ3) is 11.7. The van der Waals surface area contributed by atoms with E-state index in [1.165, 1.54) is 0 Å². The minimum atomic E-state index is -2.27. The Morgan fingerprint density at radius 2 is 0.741 bits per heavy atom. The van der Waals surface area contributed by atoms with E-state index in [2.05, 4.69) is 62.1 Å². The zero-order valence-corrected chi connectivity index (χ0v) is 23.2. The molecule has 0 unspecified atom stereocenters. The van der Waals surface area contributed by atoms with Gasteiger partial charge in [-0.25, -0.2) is 0 Å². The molecule has 27 heavy (non-hydrogen) atoms. The van der Waals surface area contributed by atoms with Gasteiger partial charge in [0.15, 0.2) is 16.6 Å². The summed E-state index contributed by atoms with van der Waals surface area (Å²) >= 11 is 0. The van der Waals surface area contributed by atoms with Crippen LogP contribution in [0.1, 0.15) is 27.7 Å². The highest BCUT2D eigenvalue weighted by molar-refractivity contribution is 6.91. The summed E-state index contributed by atoms with van der Waals surface area (Å²) in [6, 6.07) is 0. The normalized spacial score (nSPS) is 14.6. The van der Waals surface area contributed by atoms with Crippen molar-refractivity contribution in [2.24, 2.45) is 0 Å². The fraction of sp³-hybridized carbons (Fsp3) is 0.778. The summed E-state index contributed by atoms with van der Waals surface area (Å²) in [5.74, 6) is 0. The van der Waals surface area contributed by atoms with Crippen LogP contribution in [-0.4, -0.2) is 60.2 Å². The van der Waals surface area contributed by atoms with Crippen molar-refractivity contribution in [3.8, 4) is 0 Å². The van der Waals surface area contributed by atoms with Crippen LogP contribution in [0, 0.1) is 0 Å². The first kappa shape index (κ1) is 27.1. The molecule has 0 radical (unpaired) electrons. The molecule has 5 nitrogen and oxygen atoms in total. The Bertz CT molecular complexity index is 426. The van der Waals surface area contributed by atoms with Crippen LogP contribution in [0.4, 0.5) is 0 Å². The van der Waals surface area contributed by atoms with Crippen molar-refractivity contribution in [1.29, 1.82) is 0 Å². The molecule has 0 bridgehead atoms. The molecule has 0 spiro atoms. The third-order valence-electron chi connectivity index (χ3n) is 3.82. The topological polar surface area (TPSA) is 46.2 Å². The molecule has 0 heterocycles. The number of rotatable bonds is 14. The van der Waals surface area contributed by atoms with Gasteiger partial charge in [0.1, 0.15) is 0 Å². The Labute approximate surface area is 171 Å². The molecule has 0 N–H and O–H groups in total. The molecule has 0 aliphatic carbocycles. The standard InChI is InChI=1S/C18H42O5Si4/c1-11-19-26(9,20-12-2)17-15-24(5,6)23-25(7,8)16-18-27(10,21-13-3)22-14-4/h15-18H,11-14H2,1-10H3/b17-15+,18-16+. The van der Waals surface area contributed by atoms with E-state index in [9.17, 15) is 0 Å². The van der Waals surface area contributed by atoms with E-state index in [1.54, 1.807) is 0 Å². The lowest BCUT2D eigenvalue weighted by Gasteiger charge is -2.32. The molecule has 160 valence electrons. The van der Waals surface area contributed by atoms with Gasteiger partial charge in [0.25, 0.3) is 0 Å². The molecule has 0 saturated heterocycles. The van der Waals surface area contributed by atoms with Gasteiger partial charge < -0.3 is 21.8 Å². The van der Waals surface area contributed by atoms with Crippen LogP contribution < -0.4 is 0 Å². The Morgan fingerprint density at radius 1 is 0.481 bits per heavy atom. The van der Waals surface area contributed by atoms with Gasteiger partial charge in [-0.05, 0) is 78.4 Å². The van der Waals surface area contributed by atoms with Crippen LogP contribution in [0.3, 0.4) is 0 Å². The maximum Gasteiger partial charge on any atom is 0.361 e. The fourth-order valence-corrected chi connectivity index (χ4v) is 17.3. The summed E-state index contributed by atoms with van der Waals surface area (Å²) in [5.41, 5.74) is 8.77. The lowest BCUT2D eigenvalue weighted by atomic mass is 10.9. The summed E-state index contributed by atoms with van der Waals surface area (Å²) in [7, 11) is -8.53. The van der Waals surface area contributed by atoms with Gasteiger partial charge in [-0.15, -0.1) is 0 Å².